The molecule has 1 nitrogen and oxygen atoms in total. The van der Waals surface area contributed by atoms with Gasteiger partial charge in [0.15, 0.2) is 0 Å². The highest BCUT2D eigenvalue weighted by Gasteiger charge is 2.20. The van der Waals surface area contributed by atoms with Crippen LogP contribution in [0.3, 0.4) is 0 Å². The average molecular weight is 253 g/mol. The molecule has 94 valence electrons. The number of nitrogens with one attached hydrogen (secondary N) is 1. The van der Waals surface area contributed by atoms with Gasteiger partial charge in [-0.1, -0.05) is 20.8 Å². The summed E-state index contributed by atoms with van der Waals surface area (Å²) in [5, 5.41) is 3.41. The zero-order valence-electron chi connectivity index (χ0n) is 10.7. The van der Waals surface area contributed by atoms with Crippen molar-refractivity contribution in [3.8, 4) is 0 Å². The minimum atomic E-state index is -0.133. The number of rotatable bonds is 4. The van der Waals surface area contributed by atoms with Gasteiger partial charge in [-0.05, 0) is 36.6 Å². The summed E-state index contributed by atoms with van der Waals surface area (Å²) in [5.41, 5.74) is 1.05. The van der Waals surface area contributed by atoms with Crippen molar-refractivity contribution in [1.29, 1.82) is 0 Å². The van der Waals surface area contributed by atoms with Crippen LogP contribution in [0.5, 0.6) is 0 Å². The van der Waals surface area contributed by atoms with Gasteiger partial charge in [-0.2, -0.15) is 0 Å². The molecule has 0 aromatic heterocycles. The summed E-state index contributed by atoms with van der Waals surface area (Å²) in [6.45, 7) is 7.21. The number of hydrogen-bond donors (Lipinski definition) is 1. The molecule has 0 aliphatic heterocycles. The first-order valence-electron chi connectivity index (χ1n) is 6.14. The lowest BCUT2D eigenvalue weighted by Gasteiger charge is -2.18. The predicted octanol–water partition coefficient (Wildman–Crippen LogP) is 3.97. The second-order valence-electron chi connectivity index (χ2n) is 5.66. The minimum Gasteiger partial charge on any atom is -0.310 e. The topological polar surface area (TPSA) is 12.0 Å². The molecule has 1 aromatic carbocycles. The maximum absolute atomic E-state index is 13.5. The van der Waals surface area contributed by atoms with E-state index < -0.39 is 0 Å². The van der Waals surface area contributed by atoms with Crippen molar-refractivity contribution in [3.05, 3.63) is 29.6 Å². The van der Waals surface area contributed by atoms with Gasteiger partial charge in [0.25, 0.3) is 0 Å². The molecule has 0 atom stereocenters. The van der Waals surface area contributed by atoms with E-state index in [9.17, 15) is 4.39 Å². The first-order chi connectivity index (χ1) is 7.92. The van der Waals surface area contributed by atoms with Crippen LogP contribution in [0.1, 0.15) is 39.2 Å². The van der Waals surface area contributed by atoms with Gasteiger partial charge in [0, 0.05) is 22.2 Å². The maximum atomic E-state index is 13.5. The van der Waals surface area contributed by atoms with Crippen molar-refractivity contribution < 1.29 is 4.39 Å². The monoisotopic (exact) mass is 253 g/mol. The van der Waals surface area contributed by atoms with Gasteiger partial charge < -0.3 is 5.32 Å². The van der Waals surface area contributed by atoms with Gasteiger partial charge in [-0.15, -0.1) is 11.8 Å². The molecule has 0 bridgehead atoms. The molecule has 1 saturated carbocycles. The van der Waals surface area contributed by atoms with Crippen molar-refractivity contribution in [2.45, 2.75) is 55.8 Å². The van der Waals surface area contributed by atoms with Crippen LogP contribution in [0.4, 0.5) is 4.39 Å². The molecular formula is C14H20FNS. The Hall–Kier alpha value is -0.540. The van der Waals surface area contributed by atoms with E-state index >= 15 is 0 Å². The van der Waals surface area contributed by atoms with Crippen molar-refractivity contribution in [2.75, 3.05) is 0 Å². The third-order valence-corrected chi connectivity index (χ3v) is 3.61. The van der Waals surface area contributed by atoms with E-state index in [1.807, 2.05) is 0 Å². The third-order valence-electron chi connectivity index (χ3n) is 2.53. The third kappa shape index (κ3) is 4.68. The van der Waals surface area contributed by atoms with Crippen molar-refractivity contribution in [2.24, 2.45) is 0 Å². The maximum Gasteiger partial charge on any atom is 0.124 e. The lowest BCUT2D eigenvalue weighted by atomic mass is 10.2. The molecule has 0 radical (unpaired) electrons. The number of benzene rings is 1. The summed E-state index contributed by atoms with van der Waals surface area (Å²) in [4.78, 5) is 1.02. The molecule has 0 spiro atoms. The SMILES string of the molecule is CC(C)(C)Sc1cc(F)cc(CNC2CC2)c1. The highest BCUT2D eigenvalue weighted by atomic mass is 32.2. The highest BCUT2D eigenvalue weighted by Crippen LogP contribution is 2.32. The zero-order chi connectivity index (χ0) is 12.5. The largest absolute Gasteiger partial charge is 0.310 e. The van der Waals surface area contributed by atoms with E-state index in [0.29, 0.717) is 6.04 Å². The Morgan fingerprint density at radius 2 is 2.00 bits per heavy atom. The van der Waals surface area contributed by atoms with Gasteiger partial charge in [0.2, 0.25) is 0 Å². The summed E-state index contributed by atoms with van der Waals surface area (Å²) < 4.78 is 13.6. The molecule has 1 N–H and O–H groups in total. The van der Waals surface area contributed by atoms with Crippen molar-refractivity contribution in [3.63, 3.8) is 0 Å². The molecule has 2 rings (SSSR count). The fraction of sp³-hybridized carbons (Fsp3) is 0.571. The van der Waals surface area contributed by atoms with Gasteiger partial charge >= 0.3 is 0 Å². The van der Waals surface area contributed by atoms with Crippen LogP contribution >= 0.6 is 11.8 Å². The van der Waals surface area contributed by atoms with Gasteiger partial charge in [0.05, 0.1) is 0 Å². The zero-order valence-corrected chi connectivity index (χ0v) is 11.5. The van der Waals surface area contributed by atoms with Crippen LogP contribution < -0.4 is 5.32 Å². The second kappa shape index (κ2) is 4.99. The highest BCUT2D eigenvalue weighted by molar-refractivity contribution is 8.00. The summed E-state index contributed by atoms with van der Waals surface area (Å²) in [6, 6.07) is 6.00. The lowest BCUT2D eigenvalue weighted by molar-refractivity contribution is 0.615. The molecule has 0 saturated heterocycles. The summed E-state index contributed by atoms with van der Waals surface area (Å²) >= 11 is 1.71. The van der Waals surface area contributed by atoms with E-state index in [1.165, 1.54) is 12.8 Å². The van der Waals surface area contributed by atoms with Crippen LogP contribution in [0.25, 0.3) is 0 Å². The molecular weight excluding hydrogens is 233 g/mol. The predicted molar refractivity (Wildman–Crippen MR) is 71.9 cm³/mol. The Morgan fingerprint density at radius 3 is 2.59 bits per heavy atom. The standard InChI is InChI=1S/C14H20FNS/c1-14(2,3)17-13-7-10(6-11(15)8-13)9-16-12-4-5-12/h6-8,12,16H,4-5,9H2,1-3H3. The molecule has 17 heavy (non-hydrogen) atoms. The van der Waals surface area contributed by atoms with Crippen LogP contribution in [-0.2, 0) is 6.54 Å². The van der Waals surface area contributed by atoms with E-state index in [4.69, 9.17) is 0 Å². The molecule has 1 fully saturated rings. The van der Waals surface area contributed by atoms with Crippen LogP contribution in [-0.4, -0.2) is 10.8 Å². The number of hydrogen-bond acceptors (Lipinski definition) is 2. The molecule has 0 amide bonds. The van der Waals surface area contributed by atoms with Crippen LogP contribution in [0.2, 0.25) is 0 Å². The number of thioether (sulfide) groups is 1. The van der Waals surface area contributed by atoms with Crippen LogP contribution in [0.15, 0.2) is 23.1 Å². The molecule has 1 aromatic rings. The fourth-order valence-corrected chi connectivity index (χ4v) is 2.77. The summed E-state index contributed by atoms with van der Waals surface area (Å²) in [7, 11) is 0. The van der Waals surface area contributed by atoms with Gasteiger partial charge in [0.1, 0.15) is 5.82 Å². The van der Waals surface area contributed by atoms with E-state index in [1.54, 1.807) is 23.9 Å². The molecule has 3 heteroatoms. The van der Waals surface area contributed by atoms with Gasteiger partial charge in [-0.3, -0.25) is 0 Å². The fourth-order valence-electron chi connectivity index (χ4n) is 1.68. The first-order valence-corrected chi connectivity index (χ1v) is 6.96. The van der Waals surface area contributed by atoms with Gasteiger partial charge in [-0.25, -0.2) is 4.39 Å². The molecule has 1 aliphatic rings. The average Bonchev–Trinajstić information content (AvgIpc) is 2.94. The quantitative estimate of drug-likeness (QED) is 0.815. The number of halogens is 1. The van der Waals surface area contributed by atoms with E-state index in [0.717, 1.165) is 17.0 Å². The Bertz CT molecular complexity index is 394. The smallest absolute Gasteiger partial charge is 0.124 e. The van der Waals surface area contributed by atoms with Crippen molar-refractivity contribution >= 4 is 11.8 Å². The van der Waals surface area contributed by atoms with Crippen molar-refractivity contribution in [1.82, 2.24) is 5.32 Å². The molecule has 0 heterocycles. The van der Waals surface area contributed by atoms with Crippen LogP contribution in [0, 0.1) is 5.82 Å². The Balaban J connectivity index is 2.04. The molecule has 1 aliphatic carbocycles. The lowest BCUT2D eigenvalue weighted by Crippen LogP contribution is -2.15. The molecule has 0 unspecified atom stereocenters. The Labute approximate surface area is 107 Å². The first kappa shape index (κ1) is 12.9. The normalized spacial score (nSPS) is 16.2. The Morgan fingerprint density at radius 1 is 1.29 bits per heavy atom. The van der Waals surface area contributed by atoms with E-state index in [-0.39, 0.29) is 10.6 Å². The summed E-state index contributed by atoms with van der Waals surface area (Å²) in [6.07, 6.45) is 2.53. The second-order valence-corrected chi connectivity index (χ2v) is 7.57. The minimum absolute atomic E-state index is 0.120. The summed E-state index contributed by atoms with van der Waals surface area (Å²) in [5.74, 6) is -0.133. The van der Waals surface area contributed by atoms with E-state index in [2.05, 4.69) is 32.2 Å². The Kier molecular flexibility index (Phi) is 3.79.